The molecule has 0 amide bonds. The number of hydrogen-bond acceptors (Lipinski definition) is 2. The van der Waals surface area contributed by atoms with E-state index < -0.39 is 0 Å². The van der Waals surface area contributed by atoms with Gasteiger partial charge in [-0.05, 0) is 25.2 Å². The van der Waals surface area contributed by atoms with E-state index in [0.29, 0.717) is 12.5 Å². The van der Waals surface area contributed by atoms with Crippen LogP contribution in [0.4, 0.5) is 0 Å². The summed E-state index contributed by atoms with van der Waals surface area (Å²) in [5.74, 6) is 0.683. The zero-order valence-electron chi connectivity index (χ0n) is 22.0. The lowest BCUT2D eigenvalue weighted by atomic mass is 9.95. The molecule has 2 heteroatoms. The Morgan fingerprint density at radius 2 is 0.903 bits per heavy atom. The Bertz CT molecular complexity index is 352. The van der Waals surface area contributed by atoms with Gasteiger partial charge in [0.05, 0.1) is 12.5 Å². The zero-order chi connectivity index (χ0) is 23.0. The third-order valence-corrected chi connectivity index (χ3v) is 6.79. The van der Waals surface area contributed by atoms with Crippen LogP contribution in [0, 0.1) is 11.8 Å². The lowest BCUT2D eigenvalue weighted by Crippen LogP contribution is -2.20. The SMILES string of the molecule is CCCCCCCCCCC(C)C(=O)OCC(CCCCCCC)CCCCCCC. The fourth-order valence-electron chi connectivity index (χ4n) is 4.43. The van der Waals surface area contributed by atoms with E-state index in [0.717, 1.165) is 6.42 Å². The summed E-state index contributed by atoms with van der Waals surface area (Å²) >= 11 is 0. The maximum Gasteiger partial charge on any atom is 0.308 e. The second-order valence-corrected chi connectivity index (χ2v) is 10.1. The van der Waals surface area contributed by atoms with E-state index in [-0.39, 0.29) is 11.9 Å². The highest BCUT2D eigenvalue weighted by Gasteiger charge is 2.17. The second kappa shape index (κ2) is 24.1. The molecule has 0 aliphatic heterocycles. The third kappa shape index (κ3) is 21.1. The van der Waals surface area contributed by atoms with Gasteiger partial charge < -0.3 is 4.74 Å². The van der Waals surface area contributed by atoms with Crippen LogP contribution in [0.5, 0.6) is 0 Å². The van der Waals surface area contributed by atoms with Crippen LogP contribution in [-0.4, -0.2) is 12.6 Å². The van der Waals surface area contributed by atoms with Gasteiger partial charge in [0, 0.05) is 0 Å². The molecule has 0 aromatic heterocycles. The predicted octanol–water partition coefficient (Wildman–Crippen LogP) is 10.0. The minimum Gasteiger partial charge on any atom is -0.465 e. The predicted molar refractivity (Wildman–Crippen MR) is 138 cm³/mol. The Hall–Kier alpha value is -0.530. The first kappa shape index (κ1) is 30.5. The van der Waals surface area contributed by atoms with Crippen LogP contribution in [-0.2, 0) is 9.53 Å². The normalized spacial score (nSPS) is 12.4. The van der Waals surface area contributed by atoms with Gasteiger partial charge in [0.15, 0.2) is 0 Å². The Balaban J connectivity index is 4.02. The van der Waals surface area contributed by atoms with Crippen LogP contribution >= 0.6 is 0 Å². The van der Waals surface area contributed by atoms with E-state index >= 15 is 0 Å². The van der Waals surface area contributed by atoms with E-state index in [4.69, 9.17) is 4.74 Å². The highest BCUT2D eigenvalue weighted by atomic mass is 16.5. The number of unbranched alkanes of at least 4 members (excludes halogenated alkanes) is 15. The van der Waals surface area contributed by atoms with Gasteiger partial charge in [-0.3, -0.25) is 4.79 Å². The first-order chi connectivity index (χ1) is 15.2. The van der Waals surface area contributed by atoms with E-state index in [1.165, 1.54) is 128 Å². The van der Waals surface area contributed by atoms with Crippen LogP contribution in [0.25, 0.3) is 0 Å². The summed E-state index contributed by atoms with van der Waals surface area (Å²) < 4.78 is 5.81. The average Bonchev–Trinajstić information content (AvgIpc) is 2.77. The van der Waals surface area contributed by atoms with Gasteiger partial charge in [0.1, 0.15) is 0 Å². The van der Waals surface area contributed by atoms with E-state index in [2.05, 4.69) is 27.7 Å². The van der Waals surface area contributed by atoms with Crippen LogP contribution < -0.4 is 0 Å². The zero-order valence-corrected chi connectivity index (χ0v) is 22.0. The summed E-state index contributed by atoms with van der Waals surface area (Å²) in [6.07, 6.45) is 27.3. The summed E-state index contributed by atoms with van der Waals surface area (Å²) in [7, 11) is 0. The molecule has 31 heavy (non-hydrogen) atoms. The van der Waals surface area contributed by atoms with E-state index in [1.807, 2.05) is 0 Å². The highest BCUT2D eigenvalue weighted by molar-refractivity contribution is 5.71. The molecule has 0 aromatic carbocycles. The van der Waals surface area contributed by atoms with E-state index in [9.17, 15) is 4.79 Å². The molecule has 0 spiro atoms. The summed E-state index contributed by atoms with van der Waals surface area (Å²) in [4.78, 5) is 12.5. The molecule has 186 valence electrons. The molecule has 0 aliphatic rings. The number of rotatable bonds is 24. The van der Waals surface area contributed by atoms with Gasteiger partial charge in [-0.1, -0.05) is 143 Å². The van der Waals surface area contributed by atoms with Crippen LogP contribution in [0.2, 0.25) is 0 Å². The summed E-state index contributed by atoms with van der Waals surface area (Å²) in [6, 6.07) is 0. The molecule has 0 N–H and O–H groups in total. The minimum atomic E-state index is 0.0462. The lowest BCUT2D eigenvalue weighted by Gasteiger charge is -2.19. The third-order valence-electron chi connectivity index (χ3n) is 6.79. The smallest absolute Gasteiger partial charge is 0.308 e. The standard InChI is InChI=1S/C29H58O2/c1-5-8-11-14-15-16-19-20-23-27(4)29(30)31-26-28(24-21-17-12-9-6-2)25-22-18-13-10-7-3/h27-28H,5-26H2,1-4H3. The average molecular weight is 439 g/mol. The maximum absolute atomic E-state index is 12.5. The Labute approximate surface area is 196 Å². The Morgan fingerprint density at radius 1 is 0.548 bits per heavy atom. The van der Waals surface area contributed by atoms with Gasteiger partial charge in [0.25, 0.3) is 0 Å². The number of hydrogen-bond donors (Lipinski definition) is 0. The molecular weight excluding hydrogens is 380 g/mol. The molecule has 2 nitrogen and oxygen atoms in total. The van der Waals surface area contributed by atoms with Crippen molar-refractivity contribution in [3.63, 3.8) is 0 Å². The number of carbonyl (C=O) groups is 1. The molecular formula is C29H58O2. The largest absolute Gasteiger partial charge is 0.465 e. The van der Waals surface area contributed by atoms with Crippen molar-refractivity contribution in [1.82, 2.24) is 0 Å². The quantitative estimate of drug-likeness (QED) is 0.111. The van der Waals surface area contributed by atoms with Crippen molar-refractivity contribution in [1.29, 1.82) is 0 Å². The molecule has 0 radical (unpaired) electrons. The van der Waals surface area contributed by atoms with Gasteiger partial charge in [0.2, 0.25) is 0 Å². The fourth-order valence-corrected chi connectivity index (χ4v) is 4.43. The van der Waals surface area contributed by atoms with Crippen molar-refractivity contribution in [3.05, 3.63) is 0 Å². The first-order valence-corrected chi connectivity index (χ1v) is 14.3. The van der Waals surface area contributed by atoms with E-state index in [1.54, 1.807) is 0 Å². The van der Waals surface area contributed by atoms with Gasteiger partial charge in [-0.25, -0.2) is 0 Å². The van der Waals surface area contributed by atoms with Crippen molar-refractivity contribution < 1.29 is 9.53 Å². The highest BCUT2D eigenvalue weighted by Crippen LogP contribution is 2.21. The minimum absolute atomic E-state index is 0.0462. The molecule has 1 unspecified atom stereocenters. The summed E-state index contributed by atoms with van der Waals surface area (Å²) in [6.45, 7) is 9.53. The van der Waals surface area contributed by atoms with Crippen molar-refractivity contribution in [3.8, 4) is 0 Å². The molecule has 1 atom stereocenters. The maximum atomic E-state index is 12.5. The molecule has 0 saturated carbocycles. The van der Waals surface area contributed by atoms with Gasteiger partial charge >= 0.3 is 5.97 Å². The summed E-state index contributed by atoms with van der Waals surface area (Å²) in [5, 5.41) is 0. The van der Waals surface area contributed by atoms with Gasteiger partial charge in [-0.2, -0.15) is 0 Å². The Kier molecular flexibility index (Phi) is 23.7. The lowest BCUT2D eigenvalue weighted by molar-refractivity contribution is -0.149. The van der Waals surface area contributed by atoms with Crippen molar-refractivity contribution in [2.45, 2.75) is 163 Å². The van der Waals surface area contributed by atoms with Gasteiger partial charge in [-0.15, -0.1) is 0 Å². The molecule has 0 saturated heterocycles. The molecule has 0 aliphatic carbocycles. The topological polar surface area (TPSA) is 26.3 Å². The number of ether oxygens (including phenoxy) is 1. The molecule has 0 aromatic rings. The molecule has 0 heterocycles. The van der Waals surface area contributed by atoms with Crippen molar-refractivity contribution in [2.75, 3.05) is 6.61 Å². The fraction of sp³-hybridized carbons (Fsp3) is 0.966. The van der Waals surface area contributed by atoms with Crippen molar-refractivity contribution in [2.24, 2.45) is 11.8 Å². The van der Waals surface area contributed by atoms with Crippen LogP contribution in [0.3, 0.4) is 0 Å². The van der Waals surface area contributed by atoms with Crippen LogP contribution in [0.1, 0.15) is 163 Å². The van der Waals surface area contributed by atoms with Crippen LogP contribution in [0.15, 0.2) is 0 Å². The second-order valence-electron chi connectivity index (χ2n) is 10.1. The monoisotopic (exact) mass is 438 g/mol. The Morgan fingerprint density at radius 3 is 1.32 bits per heavy atom. The number of esters is 1. The van der Waals surface area contributed by atoms with Crippen molar-refractivity contribution >= 4 is 5.97 Å². The summed E-state index contributed by atoms with van der Waals surface area (Å²) in [5.41, 5.74) is 0. The molecule has 0 fully saturated rings. The first-order valence-electron chi connectivity index (χ1n) is 14.3. The number of carbonyl (C=O) groups excluding carboxylic acids is 1. The molecule has 0 bridgehead atoms. The molecule has 0 rings (SSSR count).